The molecule has 3 rings (SSSR count). The Morgan fingerprint density at radius 1 is 1.52 bits per heavy atom. The van der Waals surface area contributed by atoms with Crippen LogP contribution in [0.4, 0.5) is 5.13 Å². The van der Waals surface area contributed by atoms with E-state index in [0.717, 1.165) is 36.4 Å². The lowest BCUT2D eigenvalue weighted by Crippen LogP contribution is -2.35. The van der Waals surface area contributed by atoms with E-state index in [1.54, 1.807) is 11.3 Å². The molecule has 1 amide bonds. The SMILES string of the molecule is CCc1ccc(-c2csc(NC(=O)C3CCCN3)n2)s1.Cl. The highest BCUT2D eigenvalue weighted by Crippen LogP contribution is 2.31. The zero-order chi connectivity index (χ0) is 13.9. The molecule has 1 fully saturated rings. The number of anilines is 1. The summed E-state index contributed by atoms with van der Waals surface area (Å²) in [5, 5.41) is 8.79. The number of thiophene rings is 1. The molecule has 4 nitrogen and oxygen atoms in total. The Morgan fingerprint density at radius 3 is 3.05 bits per heavy atom. The van der Waals surface area contributed by atoms with Gasteiger partial charge in [0.15, 0.2) is 5.13 Å². The van der Waals surface area contributed by atoms with E-state index in [9.17, 15) is 4.79 Å². The number of nitrogens with one attached hydrogen (secondary N) is 2. The minimum Gasteiger partial charge on any atom is -0.306 e. The van der Waals surface area contributed by atoms with Gasteiger partial charge >= 0.3 is 0 Å². The van der Waals surface area contributed by atoms with Gasteiger partial charge in [0.2, 0.25) is 5.91 Å². The highest BCUT2D eigenvalue weighted by Gasteiger charge is 2.22. The molecular weight excluding hydrogens is 326 g/mol. The molecule has 114 valence electrons. The first-order valence-electron chi connectivity index (χ1n) is 6.85. The smallest absolute Gasteiger partial charge is 0.243 e. The Bertz CT molecular complexity index is 605. The van der Waals surface area contributed by atoms with Crippen molar-refractivity contribution in [2.75, 3.05) is 11.9 Å². The van der Waals surface area contributed by atoms with Crippen molar-refractivity contribution in [1.82, 2.24) is 10.3 Å². The number of amides is 1. The van der Waals surface area contributed by atoms with Crippen LogP contribution < -0.4 is 10.6 Å². The van der Waals surface area contributed by atoms with E-state index in [4.69, 9.17) is 0 Å². The molecule has 0 spiro atoms. The second-order valence-electron chi connectivity index (χ2n) is 4.80. The van der Waals surface area contributed by atoms with Gasteiger partial charge in [-0.1, -0.05) is 6.92 Å². The van der Waals surface area contributed by atoms with E-state index in [-0.39, 0.29) is 24.4 Å². The third kappa shape index (κ3) is 3.83. The first-order valence-corrected chi connectivity index (χ1v) is 8.54. The van der Waals surface area contributed by atoms with Crippen molar-refractivity contribution in [3.05, 3.63) is 22.4 Å². The molecule has 1 unspecified atom stereocenters. The van der Waals surface area contributed by atoms with Crippen molar-refractivity contribution in [3.63, 3.8) is 0 Å². The van der Waals surface area contributed by atoms with Crippen molar-refractivity contribution < 1.29 is 4.79 Å². The van der Waals surface area contributed by atoms with Crippen molar-refractivity contribution >= 4 is 46.1 Å². The predicted molar refractivity (Wildman–Crippen MR) is 91.7 cm³/mol. The van der Waals surface area contributed by atoms with Crippen molar-refractivity contribution in [3.8, 4) is 10.6 Å². The normalized spacial score (nSPS) is 17.5. The standard InChI is InChI=1S/C14H17N3OS2.ClH/c1-2-9-5-6-12(20-9)11-8-19-14(16-11)17-13(18)10-4-3-7-15-10;/h5-6,8,10,15H,2-4,7H2,1H3,(H,16,17,18);1H. The van der Waals surface area contributed by atoms with Gasteiger partial charge in [-0.05, 0) is 37.9 Å². The highest BCUT2D eigenvalue weighted by atomic mass is 35.5. The predicted octanol–water partition coefficient (Wildman–Crippen LogP) is 3.55. The maximum atomic E-state index is 12.0. The van der Waals surface area contributed by atoms with Crippen LogP contribution in [-0.4, -0.2) is 23.5 Å². The summed E-state index contributed by atoms with van der Waals surface area (Å²) < 4.78 is 0. The second-order valence-corrected chi connectivity index (χ2v) is 6.82. The Hall–Kier alpha value is -0.950. The van der Waals surface area contributed by atoms with Crippen LogP contribution in [0.5, 0.6) is 0 Å². The highest BCUT2D eigenvalue weighted by molar-refractivity contribution is 7.17. The maximum absolute atomic E-state index is 12.0. The monoisotopic (exact) mass is 343 g/mol. The van der Waals surface area contributed by atoms with Crippen LogP contribution in [0.25, 0.3) is 10.6 Å². The maximum Gasteiger partial charge on any atom is 0.243 e. The molecule has 0 bridgehead atoms. The number of rotatable bonds is 4. The van der Waals surface area contributed by atoms with Crippen molar-refractivity contribution in [2.45, 2.75) is 32.2 Å². The Kier molecular flexibility index (Phi) is 5.75. The van der Waals surface area contributed by atoms with Gasteiger partial charge in [-0.3, -0.25) is 4.79 Å². The molecule has 1 atom stereocenters. The Balaban J connectivity index is 0.00000161. The molecule has 2 aromatic heterocycles. The largest absolute Gasteiger partial charge is 0.306 e. The fourth-order valence-corrected chi connectivity index (χ4v) is 3.95. The van der Waals surface area contributed by atoms with Crippen molar-refractivity contribution in [2.24, 2.45) is 0 Å². The van der Waals surface area contributed by atoms with Crippen molar-refractivity contribution in [1.29, 1.82) is 0 Å². The molecule has 2 aromatic rings. The average Bonchev–Trinajstić information content (AvgIpc) is 3.19. The molecule has 1 aliphatic rings. The van der Waals surface area contributed by atoms with Gasteiger partial charge in [-0.15, -0.1) is 35.1 Å². The van der Waals surface area contributed by atoms with Crippen LogP contribution >= 0.6 is 35.1 Å². The van der Waals surface area contributed by atoms with Gasteiger partial charge in [0.1, 0.15) is 0 Å². The first kappa shape index (κ1) is 16.4. The molecule has 7 heteroatoms. The summed E-state index contributed by atoms with van der Waals surface area (Å²) >= 11 is 3.25. The fraction of sp³-hybridized carbons (Fsp3) is 0.429. The van der Waals surface area contributed by atoms with Gasteiger partial charge in [-0.2, -0.15) is 0 Å². The van der Waals surface area contributed by atoms with E-state index >= 15 is 0 Å². The summed E-state index contributed by atoms with van der Waals surface area (Å²) in [7, 11) is 0. The second kappa shape index (κ2) is 7.35. The third-order valence-corrected chi connectivity index (χ3v) is 5.38. The molecule has 0 aromatic carbocycles. The number of carbonyl (C=O) groups excluding carboxylic acids is 1. The van der Waals surface area contributed by atoms with Crippen LogP contribution in [0.1, 0.15) is 24.6 Å². The number of nitrogens with zero attached hydrogens (tertiary/aromatic N) is 1. The van der Waals surface area contributed by atoms with Crippen LogP contribution in [0.15, 0.2) is 17.5 Å². The minimum absolute atomic E-state index is 0. The third-order valence-electron chi connectivity index (χ3n) is 3.37. The number of halogens is 1. The zero-order valence-electron chi connectivity index (χ0n) is 11.7. The molecule has 3 heterocycles. The van der Waals surface area contributed by atoms with Crippen LogP contribution in [0, 0.1) is 0 Å². The summed E-state index contributed by atoms with van der Waals surface area (Å²) in [4.78, 5) is 19.0. The van der Waals surface area contributed by atoms with Crippen LogP contribution in [0.2, 0.25) is 0 Å². The van der Waals surface area contributed by atoms with Crippen LogP contribution in [-0.2, 0) is 11.2 Å². The zero-order valence-corrected chi connectivity index (χ0v) is 14.2. The quantitative estimate of drug-likeness (QED) is 0.892. The van der Waals surface area contributed by atoms with Gasteiger partial charge in [0.25, 0.3) is 0 Å². The average molecular weight is 344 g/mol. The number of hydrogen-bond donors (Lipinski definition) is 2. The Morgan fingerprint density at radius 2 is 2.38 bits per heavy atom. The number of aryl methyl sites for hydroxylation is 1. The lowest BCUT2D eigenvalue weighted by Gasteiger charge is -2.08. The fourth-order valence-electron chi connectivity index (χ4n) is 2.25. The molecule has 21 heavy (non-hydrogen) atoms. The van der Waals surface area contributed by atoms with Gasteiger partial charge in [0, 0.05) is 10.3 Å². The van der Waals surface area contributed by atoms with E-state index in [1.807, 2.05) is 5.38 Å². The molecule has 1 saturated heterocycles. The molecule has 1 aliphatic heterocycles. The summed E-state index contributed by atoms with van der Waals surface area (Å²) in [6.07, 6.45) is 3.02. The van der Waals surface area contributed by atoms with E-state index in [0.29, 0.717) is 5.13 Å². The number of hydrogen-bond acceptors (Lipinski definition) is 5. The molecule has 0 radical (unpaired) electrons. The Labute approximate surface area is 138 Å². The summed E-state index contributed by atoms with van der Waals surface area (Å²) in [6.45, 7) is 3.08. The molecular formula is C14H18ClN3OS2. The number of aromatic nitrogens is 1. The summed E-state index contributed by atoms with van der Waals surface area (Å²) in [5.41, 5.74) is 0.953. The molecule has 0 aliphatic carbocycles. The number of thiazole rings is 1. The number of carbonyl (C=O) groups is 1. The van der Waals surface area contributed by atoms with Gasteiger partial charge in [-0.25, -0.2) is 4.98 Å². The first-order chi connectivity index (χ1) is 9.76. The van der Waals surface area contributed by atoms with E-state index in [1.165, 1.54) is 16.2 Å². The van der Waals surface area contributed by atoms with Crippen LogP contribution in [0.3, 0.4) is 0 Å². The van der Waals surface area contributed by atoms with Gasteiger partial charge in [0.05, 0.1) is 16.6 Å². The van der Waals surface area contributed by atoms with Gasteiger partial charge < -0.3 is 10.6 Å². The topological polar surface area (TPSA) is 54.0 Å². The molecule has 2 N–H and O–H groups in total. The summed E-state index contributed by atoms with van der Waals surface area (Å²) in [5.74, 6) is 0.0313. The van der Waals surface area contributed by atoms with E-state index in [2.05, 4.69) is 34.7 Å². The summed E-state index contributed by atoms with van der Waals surface area (Å²) in [6, 6.07) is 4.18. The van der Waals surface area contributed by atoms with E-state index < -0.39 is 0 Å². The lowest BCUT2D eigenvalue weighted by atomic mass is 10.2. The molecule has 0 saturated carbocycles. The lowest BCUT2D eigenvalue weighted by molar-refractivity contribution is -0.117. The minimum atomic E-state index is -0.0595.